The Hall–Kier alpha value is -3.10. The van der Waals surface area contributed by atoms with Gasteiger partial charge in [0, 0.05) is 13.2 Å². The number of rotatable bonds is 6. The summed E-state index contributed by atoms with van der Waals surface area (Å²) in [4.78, 5) is 11.1. The van der Waals surface area contributed by atoms with E-state index in [1.165, 1.54) is 12.1 Å². The third kappa shape index (κ3) is 4.43. The lowest BCUT2D eigenvalue weighted by Gasteiger charge is -2.15. The molecule has 0 radical (unpaired) electrons. The van der Waals surface area contributed by atoms with E-state index in [1.54, 1.807) is 18.2 Å². The summed E-state index contributed by atoms with van der Waals surface area (Å²) in [6.45, 7) is 1.32. The molecule has 2 rings (SSSR count). The van der Waals surface area contributed by atoms with Crippen LogP contribution < -0.4 is 10.7 Å². The molecule has 8 heteroatoms. The molecule has 1 aliphatic heterocycles. The number of hydrogen-bond donors (Lipinski definition) is 3. The van der Waals surface area contributed by atoms with Crippen LogP contribution in [0.3, 0.4) is 0 Å². The lowest BCUT2D eigenvalue weighted by Crippen LogP contribution is -2.19. The highest BCUT2D eigenvalue weighted by Gasteiger charge is 2.16. The van der Waals surface area contributed by atoms with Crippen molar-refractivity contribution in [3.63, 3.8) is 0 Å². The fourth-order valence-electron chi connectivity index (χ4n) is 2.14. The van der Waals surface area contributed by atoms with Crippen molar-refractivity contribution in [3.8, 4) is 12.1 Å². The molecule has 8 nitrogen and oxygen atoms in total. The molecule has 3 N–H and O–H groups in total. The SMILES string of the molecule is N#CC(C#N)=NNc1cc(C(=O)O)ccc1NCC1CCCO1. The van der Waals surface area contributed by atoms with Gasteiger partial charge in [0.15, 0.2) is 0 Å². The summed E-state index contributed by atoms with van der Waals surface area (Å²) in [5, 5.41) is 33.3. The molecule has 0 amide bonds. The average molecular weight is 313 g/mol. The van der Waals surface area contributed by atoms with Crippen molar-refractivity contribution in [2.45, 2.75) is 18.9 Å². The number of anilines is 2. The van der Waals surface area contributed by atoms with E-state index in [0.29, 0.717) is 17.9 Å². The maximum Gasteiger partial charge on any atom is 0.335 e. The first kappa shape index (κ1) is 16.3. The molecule has 1 heterocycles. The Balaban J connectivity index is 2.18. The van der Waals surface area contributed by atoms with Gasteiger partial charge >= 0.3 is 5.97 Å². The highest BCUT2D eigenvalue weighted by atomic mass is 16.5. The minimum absolute atomic E-state index is 0.0702. The molecule has 1 fully saturated rings. The van der Waals surface area contributed by atoms with Gasteiger partial charge in [-0.15, -0.1) is 0 Å². The minimum Gasteiger partial charge on any atom is -0.478 e. The molecule has 1 saturated heterocycles. The van der Waals surface area contributed by atoms with E-state index in [1.807, 2.05) is 0 Å². The Morgan fingerprint density at radius 3 is 2.78 bits per heavy atom. The van der Waals surface area contributed by atoms with Crippen molar-refractivity contribution < 1.29 is 14.6 Å². The van der Waals surface area contributed by atoms with Crippen molar-refractivity contribution in [2.75, 3.05) is 23.9 Å². The van der Waals surface area contributed by atoms with Crippen LogP contribution in [0.15, 0.2) is 23.3 Å². The topological polar surface area (TPSA) is 131 Å². The van der Waals surface area contributed by atoms with E-state index < -0.39 is 5.97 Å². The Bertz CT molecular complexity index is 680. The number of nitrogens with one attached hydrogen (secondary N) is 2. The normalized spacial score (nSPS) is 16.0. The van der Waals surface area contributed by atoms with Crippen LogP contribution in [-0.4, -0.2) is 36.0 Å². The van der Waals surface area contributed by atoms with Gasteiger partial charge in [-0.1, -0.05) is 0 Å². The van der Waals surface area contributed by atoms with Crippen molar-refractivity contribution in [1.82, 2.24) is 0 Å². The fourth-order valence-corrected chi connectivity index (χ4v) is 2.14. The number of carbonyl (C=O) groups is 1. The Morgan fingerprint density at radius 1 is 1.39 bits per heavy atom. The van der Waals surface area contributed by atoms with E-state index in [9.17, 15) is 4.79 Å². The summed E-state index contributed by atoms with van der Waals surface area (Å²) < 4.78 is 5.52. The molecule has 0 bridgehead atoms. The molecule has 118 valence electrons. The van der Waals surface area contributed by atoms with Gasteiger partial charge in [-0.3, -0.25) is 5.43 Å². The van der Waals surface area contributed by atoms with Crippen LogP contribution in [0.25, 0.3) is 0 Å². The molecular formula is C15H15N5O3. The minimum atomic E-state index is -1.08. The summed E-state index contributed by atoms with van der Waals surface area (Å²) in [6.07, 6.45) is 2.10. The van der Waals surface area contributed by atoms with Gasteiger partial charge in [0.25, 0.3) is 0 Å². The molecular weight excluding hydrogens is 298 g/mol. The number of carboxylic acid groups (broad SMARTS) is 1. The zero-order chi connectivity index (χ0) is 16.7. The molecule has 1 atom stereocenters. The van der Waals surface area contributed by atoms with E-state index in [4.69, 9.17) is 20.4 Å². The number of aromatic carboxylic acids is 1. The predicted octanol–water partition coefficient (Wildman–Crippen LogP) is 1.79. The van der Waals surface area contributed by atoms with Gasteiger partial charge in [-0.05, 0) is 31.0 Å². The third-order valence-electron chi connectivity index (χ3n) is 3.31. The largest absolute Gasteiger partial charge is 0.478 e. The van der Waals surface area contributed by atoms with E-state index >= 15 is 0 Å². The van der Waals surface area contributed by atoms with Gasteiger partial charge in [-0.2, -0.15) is 15.6 Å². The zero-order valence-electron chi connectivity index (χ0n) is 12.2. The third-order valence-corrected chi connectivity index (χ3v) is 3.31. The van der Waals surface area contributed by atoms with Crippen LogP contribution in [0.4, 0.5) is 11.4 Å². The molecule has 1 aromatic carbocycles. The van der Waals surface area contributed by atoms with Crippen LogP contribution in [0.2, 0.25) is 0 Å². The van der Waals surface area contributed by atoms with Gasteiger partial charge in [-0.25, -0.2) is 4.79 Å². The van der Waals surface area contributed by atoms with Crippen molar-refractivity contribution in [1.29, 1.82) is 10.5 Å². The van der Waals surface area contributed by atoms with E-state index in [-0.39, 0.29) is 17.4 Å². The summed E-state index contributed by atoms with van der Waals surface area (Å²) in [7, 11) is 0. The Morgan fingerprint density at radius 2 is 2.17 bits per heavy atom. The number of nitrogens with zero attached hydrogens (tertiary/aromatic N) is 3. The lowest BCUT2D eigenvalue weighted by molar-refractivity contribution is 0.0697. The summed E-state index contributed by atoms with van der Waals surface area (Å²) in [6, 6.07) is 7.70. The number of carboxylic acids is 1. The summed E-state index contributed by atoms with van der Waals surface area (Å²) >= 11 is 0. The molecule has 1 aliphatic rings. The first-order valence-electron chi connectivity index (χ1n) is 7.00. The van der Waals surface area contributed by atoms with Gasteiger partial charge < -0.3 is 15.2 Å². The summed E-state index contributed by atoms with van der Waals surface area (Å²) in [5.41, 5.74) is 3.26. The van der Waals surface area contributed by atoms with Crippen molar-refractivity contribution in [3.05, 3.63) is 23.8 Å². The Labute approximate surface area is 133 Å². The zero-order valence-corrected chi connectivity index (χ0v) is 12.2. The second-order valence-electron chi connectivity index (χ2n) is 4.88. The maximum absolute atomic E-state index is 11.1. The quantitative estimate of drug-likeness (QED) is 0.539. The molecule has 0 aromatic heterocycles. The molecule has 0 spiro atoms. The van der Waals surface area contributed by atoms with Crippen LogP contribution in [0.5, 0.6) is 0 Å². The first-order valence-corrected chi connectivity index (χ1v) is 7.00. The van der Waals surface area contributed by atoms with Crippen molar-refractivity contribution in [2.24, 2.45) is 5.10 Å². The van der Waals surface area contributed by atoms with Crippen molar-refractivity contribution >= 4 is 23.1 Å². The standard InChI is InChI=1S/C15H15N5O3/c16-7-11(8-17)19-20-14-6-10(15(21)22)3-4-13(14)18-9-12-2-1-5-23-12/h3-4,6,12,18,20H,1-2,5,9H2,(H,21,22). The van der Waals surface area contributed by atoms with Crippen LogP contribution in [0.1, 0.15) is 23.2 Å². The second-order valence-corrected chi connectivity index (χ2v) is 4.88. The highest BCUT2D eigenvalue weighted by Crippen LogP contribution is 2.24. The highest BCUT2D eigenvalue weighted by molar-refractivity contribution is 6.10. The number of ether oxygens (including phenoxy) is 1. The molecule has 0 aliphatic carbocycles. The maximum atomic E-state index is 11.1. The first-order chi connectivity index (χ1) is 11.1. The monoisotopic (exact) mass is 313 g/mol. The van der Waals surface area contributed by atoms with Gasteiger partial charge in [0.05, 0.1) is 23.0 Å². The smallest absolute Gasteiger partial charge is 0.335 e. The Kier molecular flexibility index (Phi) is 5.50. The van der Waals surface area contributed by atoms with Gasteiger partial charge in [0.2, 0.25) is 5.71 Å². The van der Waals surface area contributed by atoms with Crippen LogP contribution in [-0.2, 0) is 4.74 Å². The summed E-state index contributed by atoms with van der Waals surface area (Å²) in [5.74, 6) is -1.08. The molecule has 0 saturated carbocycles. The lowest BCUT2D eigenvalue weighted by atomic mass is 10.1. The second kappa shape index (κ2) is 7.78. The number of benzene rings is 1. The van der Waals surface area contributed by atoms with E-state index in [0.717, 1.165) is 19.4 Å². The average Bonchev–Trinajstić information content (AvgIpc) is 3.07. The number of hydrazone groups is 1. The van der Waals surface area contributed by atoms with Crippen LogP contribution >= 0.6 is 0 Å². The fraction of sp³-hybridized carbons (Fsp3) is 0.333. The van der Waals surface area contributed by atoms with Gasteiger partial charge in [0.1, 0.15) is 12.1 Å². The number of nitriles is 2. The van der Waals surface area contributed by atoms with E-state index in [2.05, 4.69) is 15.8 Å². The number of hydrogen-bond acceptors (Lipinski definition) is 7. The molecule has 23 heavy (non-hydrogen) atoms. The molecule has 1 aromatic rings. The predicted molar refractivity (Wildman–Crippen MR) is 83.1 cm³/mol. The molecule has 1 unspecified atom stereocenters. The van der Waals surface area contributed by atoms with Crippen LogP contribution in [0, 0.1) is 22.7 Å².